The lowest BCUT2D eigenvalue weighted by Gasteiger charge is -2.16. The summed E-state index contributed by atoms with van der Waals surface area (Å²) in [6.45, 7) is 4.36. The summed E-state index contributed by atoms with van der Waals surface area (Å²) in [4.78, 5) is 27.1. The smallest absolute Gasteiger partial charge is 0.222 e. The van der Waals surface area contributed by atoms with Gasteiger partial charge in [-0.25, -0.2) is 15.0 Å². The Hall–Kier alpha value is -2.24. The molecule has 1 fully saturated rings. The largest absolute Gasteiger partial charge is 0.342 e. The maximum absolute atomic E-state index is 12.3. The number of likely N-dealkylation sites (tertiary alicyclic amines) is 1. The van der Waals surface area contributed by atoms with Crippen LogP contribution in [0.4, 0.5) is 0 Å². The first kappa shape index (κ1) is 14.7. The summed E-state index contributed by atoms with van der Waals surface area (Å²) < 4.78 is 2.00. The van der Waals surface area contributed by atoms with Gasteiger partial charge in [-0.3, -0.25) is 4.79 Å². The van der Waals surface area contributed by atoms with Gasteiger partial charge < -0.3 is 9.47 Å². The van der Waals surface area contributed by atoms with E-state index in [0.29, 0.717) is 6.42 Å². The molecule has 0 aromatic carbocycles. The van der Waals surface area contributed by atoms with E-state index in [4.69, 9.17) is 0 Å². The zero-order valence-corrected chi connectivity index (χ0v) is 12.9. The number of carbonyl (C=O) groups excluding carboxylic acids is 1. The molecule has 0 spiro atoms. The zero-order valence-electron chi connectivity index (χ0n) is 12.9. The number of hydrogen-bond donors (Lipinski definition) is 0. The Labute approximate surface area is 130 Å². The molecule has 116 valence electrons. The highest BCUT2D eigenvalue weighted by Gasteiger charge is 2.28. The molecule has 0 bridgehead atoms. The highest BCUT2D eigenvalue weighted by molar-refractivity contribution is 5.76. The van der Waals surface area contributed by atoms with Crippen LogP contribution in [0.15, 0.2) is 31.0 Å². The quantitative estimate of drug-likeness (QED) is 0.844. The normalized spacial score (nSPS) is 17.9. The summed E-state index contributed by atoms with van der Waals surface area (Å²) in [6, 6.07) is 1.90. The average Bonchev–Trinajstić information content (AvgIpc) is 3.19. The van der Waals surface area contributed by atoms with Crippen LogP contribution >= 0.6 is 0 Å². The van der Waals surface area contributed by atoms with Crippen molar-refractivity contribution in [2.24, 2.45) is 0 Å². The number of hydrogen-bond acceptors (Lipinski definition) is 4. The molecule has 2 aromatic rings. The number of carbonyl (C=O) groups is 1. The second kappa shape index (κ2) is 6.68. The molecule has 1 aliphatic heterocycles. The monoisotopic (exact) mass is 299 g/mol. The fourth-order valence-electron chi connectivity index (χ4n) is 2.85. The maximum Gasteiger partial charge on any atom is 0.222 e. The van der Waals surface area contributed by atoms with Gasteiger partial charge in [0.25, 0.3) is 0 Å². The van der Waals surface area contributed by atoms with E-state index in [2.05, 4.69) is 15.0 Å². The Morgan fingerprint density at radius 3 is 3.09 bits per heavy atom. The second-order valence-corrected chi connectivity index (χ2v) is 5.79. The van der Waals surface area contributed by atoms with Crippen molar-refractivity contribution in [1.29, 1.82) is 0 Å². The molecule has 22 heavy (non-hydrogen) atoms. The standard InChI is InChI=1S/C16H21N5O/c1-13-4-6-18-16(19-13)14-5-9-21(11-14)15(22)3-2-8-20-10-7-17-12-20/h4,6-7,10,12,14H,2-3,5,8-9,11H2,1H3/t14-/m0/s1. The summed E-state index contributed by atoms with van der Waals surface area (Å²) in [6.07, 6.45) is 9.65. The third kappa shape index (κ3) is 3.50. The molecule has 1 aliphatic rings. The van der Waals surface area contributed by atoms with Crippen molar-refractivity contribution in [1.82, 2.24) is 24.4 Å². The second-order valence-electron chi connectivity index (χ2n) is 5.79. The summed E-state index contributed by atoms with van der Waals surface area (Å²) in [5, 5.41) is 0. The van der Waals surface area contributed by atoms with Crippen LogP contribution in [0.1, 0.15) is 36.7 Å². The van der Waals surface area contributed by atoms with Crippen LogP contribution in [-0.4, -0.2) is 43.4 Å². The van der Waals surface area contributed by atoms with Gasteiger partial charge in [0, 0.05) is 56.3 Å². The number of rotatable bonds is 5. The molecule has 0 radical (unpaired) electrons. The van der Waals surface area contributed by atoms with Crippen molar-refractivity contribution >= 4 is 5.91 Å². The summed E-state index contributed by atoms with van der Waals surface area (Å²) in [5.41, 5.74) is 0.982. The van der Waals surface area contributed by atoms with E-state index in [1.165, 1.54) is 0 Å². The highest BCUT2D eigenvalue weighted by Crippen LogP contribution is 2.25. The number of imidazole rings is 1. The molecule has 6 heteroatoms. The summed E-state index contributed by atoms with van der Waals surface area (Å²) in [5.74, 6) is 1.38. The predicted molar refractivity (Wildman–Crippen MR) is 82.2 cm³/mol. The number of aromatic nitrogens is 4. The minimum Gasteiger partial charge on any atom is -0.342 e. The Morgan fingerprint density at radius 2 is 2.32 bits per heavy atom. The van der Waals surface area contributed by atoms with E-state index in [9.17, 15) is 4.79 Å². The average molecular weight is 299 g/mol. The van der Waals surface area contributed by atoms with Gasteiger partial charge in [-0.15, -0.1) is 0 Å². The molecule has 1 amide bonds. The third-order valence-corrected chi connectivity index (χ3v) is 4.09. The molecule has 0 unspecified atom stereocenters. The van der Waals surface area contributed by atoms with Crippen molar-refractivity contribution in [2.45, 2.75) is 38.6 Å². The first-order valence-corrected chi connectivity index (χ1v) is 7.75. The van der Waals surface area contributed by atoms with Crippen molar-refractivity contribution < 1.29 is 4.79 Å². The lowest BCUT2D eigenvalue weighted by Crippen LogP contribution is -2.28. The van der Waals surface area contributed by atoms with E-state index in [1.807, 2.05) is 28.7 Å². The van der Waals surface area contributed by atoms with Gasteiger partial charge in [-0.2, -0.15) is 0 Å². The molecule has 0 saturated carbocycles. The third-order valence-electron chi connectivity index (χ3n) is 4.09. The topological polar surface area (TPSA) is 63.9 Å². The number of nitrogens with zero attached hydrogens (tertiary/aromatic N) is 5. The first-order valence-electron chi connectivity index (χ1n) is 7.75. The Morgan fingerprint density at radius 1 is 1.41 bits per heavy atom. The molecule has 2 aromatic heterocycles. The van der Waals surface area contributed by atoms with Gasteiger partial charge in [0.05, 0.1) is 6.33 Å². The Kier molecular flexibility index (Phi) is 4.46. The van der Waals surface area contributed by atoms with Gasteiger partial charge in [0.1, 0.15) is 5.82 Å². The van der Waals surface area contributed by atoms with Gasteiger partial charge in [-0.05, 0) is 25.8 Å². The molecule has 3 rings (SSSR count). The van der Waals surface area contributed by atoms with E-state index in [0.717, 1.165) is 44.0 Å². The van der Waals surface area contributed by atoms with Crippen molar-refractivity contribution in [3.63, 3.8) is 0 Å². The predicted octanol–water partition coefficient (Wildman–Crippen LogP) is 1.78. The van der Waals surface area contributed by atoms with Crippen LogP contribution in [0.25, 0.3) is 0 Å². The molecule has 6 nitrogen and oxygen atoms in total. The zero-order chi connectivity index (χ0) is 15.4. The van der Waals surface area contributed by atoms with Crippen LogP contribution in [0.3, 0.4) is 0 Å². The molecule has 0 N–H and O–H groups in total. The van der Waals surface area contributed by atoms with E-state index >= 15 is 0 Å². The number of amides is 1. The molecular formula is C16H21N5O. The van der Waals surface area contributed by atoms with Gasteiger partial charge >= 0.3 is 0 Å². The highest BCUT2D eigenvalue weighted by atomic mass is 16.2. The van der Waals surface area contributed by atoms with Crippen LogP contribution in [-0.2, 0) is 11.3 Å². The fraction of sp³-hybridized carbons (Fsp3) is 0.500. The van der Waals surface area contributed by atoms with Gasteiger partial charge in [0.15, 0.2) is 0 Å². The van der Waals surface area contributed by atoms with E-state index in [1.54, 1.807) is 18.7 Å². The summed E-state index contributed by atoms with van der Waals surface area (Å²) >= 11 is 0. The molecule has 1 atom stereocenters. The number of aryl methyl sites for hydroxylation is 2. The Bertz CT molecular complexity index is 625. The van der Waals surface area contributed by atoms with Crippen molar-refractivity contribution in [3.8, 4) is 0 Å². The van der Waals surface area contributed by atoms with Crippen molar-refractivity contribution in [2.75, 3.05) is 13.1 Å². The van der Waals surface area contributed by atoms with Crippen LogP contribution in [0.5, 0.6) is 0 Å². The van der Waals surface area contributed by atoms with Crippen LogP contribution in [0, 0.1) is 6.92 Å². The SMILES string of the molecule is Cc1ccnc([C@H]2CCN(C(=O)CCCn3ccnc3)C2)n1. The fourth-order valence-corrected chi connectivity index (χ4v) is 2.85. The van der Waals surface area contributed by atoms with Crippen LogP contribution in [0.2, 0.25) is 0 Å². The maximum atomic E-state index is 12.3. The Balaban J connectivity index is 1.48. The van der Waals surface area contributed by atoms with Crippen molar-refractivity contribution in [3.05, 3.63) is 42.5 Å². The lowest BCUT2D eigenvalue weighted by atomic mass is 10.1. The van der Waals surface area contributed by atoms with E-state index < -0.39 is 0 Å². The molecule has 0 aliphatic carbocycles. The lowest BCUT2D eigenvalue weighted by molar-refractivity contribution is -0.130. The molecule has 1 saturated heterocycles. The molecule has 3 heterocycles. The molecular weight excluding hydrogens is 278 g/mol. The minimum absolute atomic E-state index is 0.232. The van der Waals surface area contributed by atoms with E-state index in [-0.39, 0.29) is 11.8 Å². The first-order chi connectivity index (χ1) is 10.7. The van der Waals surface area contributed by atoms with Crippen LogP contribution < -0.4 is 0 Å². The van der Waals surface area contributed by atoms with Gasteiger partial charge in [0.2, 0.25) is 5.91 Å². The summed E-state index contributed by atoms with van der Waals surface area (Å²) in [7, 11) is 0. The van der Waals surface area contributed by atoms with Gasteiger partial charge in [-0.1, -0.05) is 0 Å². The minimum atomic E-state index is 0.232.